The van der Waals surface area contributed by atoms with Crippen molar-refractivity contribution < 1.29 is 23.5 Å². The molecule has 1 aliphatic heterocycles. The molecule has 0 spiro atoms. The van der Waals surface area contributed by atoms with Crippen LogP contribution in [-0.4, -0.2) is 49.3 Å². The third kappa shape index (κ3) is 4.00. The standard InChI is InChI=1S/C15H22N2O5/c1-15(2,3)22-14(19)17-8-7-16-10(9-17)11-5-6-12(21-11)13(18)20-4/h5-6,10,16H,7-9H2,1-4H3. The van der Waals surface area contributed by atoms with Crippen LogP contribution >= 0.6 is 0 Å². The zero-order valence-electron chi connectivity index (χ0n) is 13.3. The molecule has 7 nitrogen and oxygen atoms in total. The average Bonchev–Trinajstić information content (AvgIpc) is 2.94. The SMILES string of the molecule is COC(=O)c1ccc(C2CN(C(=O)OC(C)(C)C)CCN2)o1. The zero-order valence-corrected chi connectivity index (χ0v) is 13.3. The summed E-state index contributed by atoms with van der Waals surface area (Å²) in [4.78, 5) is 25.2. The minimum Gasteiger partial charge on any atom is -0.463 e. The second-order valence-corrected chi connectivity index (χ2v) is 6.13. The summed E-state index contributed by atoms with van der Waals surface area (Å²) in [7, 11) is 1.30. The Bertz CT molecular complexity index is 546. The van der Waals surface area contributed by atoms with Gasteiger partial charge in [-0.25, -0.2) is 9.59 Å². The van der Waals surface area contributed by atoms with E-state index < -0.39 is 11.6 Å². The Balaban J connectivity index is 2.03. The molecule has 2 heterocycles. The normalized spacial score (nSPS) is 18.9. The molecular weight excluding hydrogens is 288 g/mol. The highest BCUT2D eigenvalue weighted by atomic mass is 16.6. The van der Waals surface area contributed by atoms with Crippen LogP contribution in [0.2, 0.25) is 0 Å². The highest BCUT2D eigenvalue weighted by molar-refractivity contribution is 5.86. The maximum Gasteiger partial charge on any atom is 0.410 e. The van der Waals surface area contributed by atoms with Crippen LogP contribution in [0.5, 0.6) is 0 Å². The number of nitrogens with zero attached hydrogens (tertiary/aromatic N) is 1. The largest absolute Gasteiger partial charge is 0.463 e. The maximum absolute atomic E-state index is 12.1. The minimum atomic E-state index is -0.528. The van der Waals surface area contributed by atoms with E-state index >= 15 is 0 Å². The summed E-state index contributed by atoms with van der Waals surface area (Å²) in [6, 6.07) is 3.09. The first-order valence-electron chi connectivity index (χ1n) is 7.19. The van der Waals surface area contributed by atoms with E-state index in [-0.39, 0.29) is 17.9 Å². The van der Waals surface area contributed by atoms with Gasteiger partial charge in [-0.1, -0.05) is 0 Å². The Labute approximate surface area is 129 Å². The van der Waals surface area contributed by atoms with Crippen LogP contribution < -0.4 is 5.32 Å². The lowest BCUT2D eigenvalue weighted by molar-refractivity contribution is 0.0186. The molecule has 22 heavy (non-hydrogen) atoms. The van der Waals surface area contributed by atoms with E-state index in [1.54, 1.807) is 17.0 Å². The Morgan fingerprint density at radius 1 is 1.36 bits per heavy atom. The third-order valence-corrected chi connectivity index (χ3v) is 3.18. The molecule has 0 saturated carbocycles. The number of nitrogens with one attached hydrogen (secondary N) is 1. The van der Waals surface area contributed by atoms with Gasteiger partial charge in [-0.3, -0.25) is 0 Å². The van der Waals surface area contributed by atoms with Crippen molar-refractivity contribution in [1.29, 1.82) is 0 Å². The van der Waals surface area contributed by atoms with Crippen molar-refractivity contribution in [3.05, 3.63) is 23.7 Å². The molecule has 0 aromatic carbocycles. The first kappa shape index (κ1) is 16.4. The molecule has 1 aliphatic rings. The van der Waals surface area contributed by atoms with Crippen molar-refractivity contribution in [2.24, 2.45) is 0 Å². The lowest BCUT2D eigenvalue weighted by Crippen LogP contribution is -2.49. The molecule has 1 fully saturated rings. The highest BCUT2D eigenvalue weighted by Gasteiger charge is 2.29. The molecule has 122 valence electrons. The number of carbonyl (C=O) groups is 2. The number of rotatable bonds is 2. The Morgan fingerprint density at radius 3 is 2.73 bits per heavy atom. The van der Waals surface area contributed by atoms with Gasteiger partial charge in [-0.2, -0.15) is 0 Å². The van der Waals surface area contributed by atoms with Crippen LogP contribution in [0.25, 0.3) is 0 Å². The molecule has 1 saturated heterocycles. The number of piperazine rings is 1. The van der Waals surface area contributed by atoms with Crippen LogP contribution in [-0.2, 0) is 9.47 Å². The van der Waals surface area contributed by atoms with Crippen LogP contribution in [0.3, 0.4) is 0 Å². The Kier molecular flexibility index (Phi) is 4.75. The number of hydrogen-bond donors (Lipinski definition) is 1. The van der Waals surface area contributed by atoms with Gasteiger partial charge < -0.3 is 24.1 Å². The molecular formula is C15H22N2O5. The first-order chi connectivity index (χ1) is 10.3. The number of esters is 1. The van der Waals surface area contributed by atoms with E-state index in [4.69, 9.17) is 9.15 Å². The number of carbonyl (C=O) groups excluding carboxylic acids is 2. The van der Waals surface area contributed by atoms with Gasteiger partial charge in [0.25, 0.3) is 0 Å². The van der Waals surface area contributed by atoms with E-state index in [0.717, 1.165) is 0 Å². The van der Waals surface area contributed by atoms with Crippen molar-refractivity contribution in [3.8, 4) is 0 Å². The number of furan rings is 1. The zero-order chi connectivity index (χ0) is 16.3. The molecule has 1 aromatic rings. The summed E-state index contributed by atoms with van der Waals surface area (Å²) in [6.45, 7) is 7.11. The fourth-order valence-electron chi connectivity index (χ4n) is 2.18. The Morgan fingerprint density at radius 2 is 2.09 bits per heavy atom. The molecule has 1 atom stereocenters. The number of amides is 1. The Hall–Kier alpha value is -2.02. The molecule has 0 aliphatic carbocycles. The summed E-state index contributed by atoms with van der Waals surface area (Å²) >= 11 is 0. The first-order valence-corrected chi connectivity index (χ1v) is 7.19. The predicted molar refractivity (Wildman–Crippen MR) is 78.6 cm³/mol. The van der Waals surface area contributed by atoms with Gasteiger partial charge in [0, 0.05) is 19.6 Å². The fourth-order valence-corrected chi connectivity index (χ4v) is 2.18. The van der Waals surface area contributed by atoms with Crippen molar-refractivity contribution >= 4 is 12.1 Å². The fraction of sp³-hybridized carbons (Fsp3) is 0.600. The molecule has 1 aromatic heterocycles. The van der Waals surface area contributed by atoms with Crippen molar-refractivity contribution in [2.45, 2.75) is 32.4 Å². The van der Waals surface area contributed by atoms with E-state index in [1.807, 2.05) is 20.8 Å². The van der Waals surface area contributed by atoms with Crippen molar-refractivity contribution in [2.75, 3.05) is 26.7 Å². The monoisotopic (exact) mass is 310 g/mol. The van der Waals surface area contributed by atoms with Crippen LogP contribution in [0, 0.1) is 0 Å². The summed E-state index contributed by atoms with van der Waals surface area (Å²) < 4.78 is 15.5. The second-order valence-electron chi connectivity index (χ2n) is 6.13. The van der Waals surface area contributed by atoms with E-state index in [2.05, 4.69) is 10.1 Å². The number of methoxy groups -OCH3 is 1. The minimum absolute atomic E-state index is 0.147. The molecule has 1 N–H and O–H groups in total. The maximum atomic E-state index is 12.1. The smallest absolute Gasteiger partial charge is 0.410 e. The number of hydrogen-bond acceptors (Lipinski definition) is 6. The predicted octanol–water partition coefficient (Wildman–Crippen LogP) is 1.95. The second kappa shape index (κ2) is 6.39. The lowest BCUT2D eigenvalue weighted by atomic mass is 10.1. The van der Waals surface area contributed by atoms with E-state index in [0.29, 0.717) is 25.4 Å². The lowest BCUT2D eigenvalue weighted by Gasteiger charge is -2.34. The topological polar surface area (TPSA) is 81.0 Å². The summed E-state index contributed by atoms with van der Waals surface area (Å²) in [6.07, 6.45) is -0.348. The van der Waals surface area contributed by atoms with Gasteiger partial charge in [-0.05, 0) is 32.9 Å². The summed E-state index contributed by atoms with van der Waals surface area (Å²) in [5.41, 5.74) is -0.528. The van der Waals surface area contributed by atoms with Gasteiger partial charge in [0.05, 0.1) is 13.2 Å². The van der Waals surface area contributed by atoms with Gasteiger partial charge in [-0.15, -0.1) is 0 Å². The highest BCUT2D eigenvalue weighted by Crippen LogP contribution is 2.21. The van der Waals surface area contributed by atoms with Crippen LogP contribution in [0.1, 0.15) is 43.1 Å². The van der Waals surface area contributed by atoms with Gasteiger partial charge in [0.1, 0.15) is 11.4 Å². The van der Waals surface area contributed by atoms with Crippen molar-refractivity contribution in [3.63, 3.8) is 0 Å². The molecule has 7 heteroatoms. The van der Waals surface area contributed by atoms with Gasteiger partial charge >= 0.3 is 12.1 Å². The van der Waals surface area contributed by atoms with E-state index in [1.165, 1.54) is 7.11 Å². The van der Waals surface area contributed by atoms with Crippen LogP contribution in [0.4, 0.5) is 4.79 Å². The summed E-state index contributed by atoms with van der Waals surface area (Å²) in [5.74, 6) is 0.216. The van der Waals surface area contributed by atoms with Gasteiger partial charge in [0.2, 0.25) is 5.76 Å². The molecule has 1 amide bonds. The molecule has 2 rings (SSSR count). The summed E-state index contributed by atoms with van der Waals surface area (Å²) in [5, 5.41) is 3.26. The third-order valence-electron chi connectivity index (χ3n) is 3.18. The average molecular weight is 310 g/mol. The van der Waals surface area contributed by atoms with Crippen LogP contribution in [0.15, 0.2) is 16.5 Å². The molecule has 1 unspecified atom stereocenters. The van der Waals surface area contributed by atoms with E-state index in [9.17, 15) is 9.59 Å². The van der Waals surface area contributed by atoms with Crippen molar-refractivity contribution in [1.82, 2.24) is 10.2 Å². The molecule has 0 bridgehead atoms. The quantitative estimate of drug-likeness (QED) is 0.841. The molecule has 0 radical (unpaired) electrons. The van der Waals surface area contributed by atoms with Gasteiger partial charge in [0.15, 0.2) is 0 Å². The number of ether oxygens (including phenoxy) is 2.